The van der Waals surface area contributed by atoms with Gasteiger partial charge >= 0.3 is 12.0 Å². The van der Waals surface area contributed by atoms with E-state index in [1.165, 1.54) is 0 Å². The molecule has 0 saturated carbocycles. The number of rotatable bonds is 1. The molecule has 0 bridgehead atoms. The summed E-state index contributed by atoms with van der Waals surface area (Å²) in [5, 5.41) is 18.3. The number of carboxylic acid groups (broad SMARTS) is 1. The van der Waals surface area contributed by atoms with Crippen molar-refractivity contribution in [3.05, 3.63) is 0 Å². The van der Waals surface area contributed by atoms with E-state index in [9.17, 15) is 14.7 Å². The zero-order valence-corrected chi connectivity index (χ0v) is 10.4. The van der Waals surface area contributed by atoms with Crippen molar-refractivity contribution >= 4 is 12.0 Å². The Labute approximate surface area is 106 Å². The molecule has 6 nitrogen and oxygen atoms in total. The summed E-state index contributed by atoms with van der Waals surface area (Å²) in [5.74, 6) is -1.07. The second-order valence-electron chi connectivity index (χ2n) is 5.10. The molecule has 0 atom stereocenters. The fourth-order valence-corrected chi connectivity index (χ4v) is 2.57. The van der Waals surface area contributed by atoms with Crippen molar-refractivity contribution in [2.24, 2.45) is 5.92 Å². The molecule has 2 heterocycles. The molecule has 2 aliphatic rings. The van der Waals surface area contributed by atoms with Crippen LogP contribution in [0.4, 0.5) is 4.79 Å². The number of aliphatic hydroxyl groups is 1. The zero-order valence-electron chi connectivity index (χ0n) is 10.4. The van der Waals surface area contributed by atoms with Crippen molar-refractivity contribution in [1.82, 2.24) is 9.80 Å². The summed E-state index contributed by atoms with van der Waals surface area (Å²) in [4.78, 5) is 26.5. The predicted molar refractivity (Wildman–Crippen MR) is 64.1 cm³/mol. The van der Waals surface area contributed by atoms with Gasteiger partial charge in [0.2, 0.25) is 0 Å². The van der Waals surface area contributed by atoms with E-state index in [1.54, 1.807) is 9.80 Å². The first-order valence-corrected chi connectivity index (χ1v) is 6.52. The van der Waals surface area contributed by atoms with Crippen LogP contribution >= 0.6 is 0 Å². The second kappa shape index (κ2) is 5.56. The van der Waals surface area contributed by atoms with Gasteiger partial charge < -0.3 is 20.0 Å². The molecule has 102 valence electrons. The highest BCUT2D eigenvalue weighted by atomic mass is 16.4. The molecule has 0 aromatic rings. The van der Waals surface area contributed by atoms with Crippen LogP contribution < -0.4 is 0 Å². The summed E-state index contributed by atoms with van der Waals surface area (Å²) in [5.41, 5.74) is 0. The van der Waals surface area contributed by atoms with E-state index in [1.807, 2.05) is 0 Å². The minimum atomic E-state index is -0.761. The minimum absolute atomic E-state index is 0.00858. The molecule has 2 rings (SSSR count). The van der Waals surface area contributed by atoms with Crippen LogP contribution in [0.2, 0.25) is 0 Å². The van der Waals surface area contributed by atoms with Gasteiger partial charge in [-0.25, -0.2) is 4.79 Å². The number of likely N-dealkylation sites (tertiary alicyclic amines) is 2. The average Bonchev–Trinajstić information content (AvgIpc) is 2.39. The van der Waals surface area contributed by atoms with Crippen molar-refractivity contribution in [2.75, 3.05) is 26.2 Å². The van der Waals surface area contributed by atoms with Crippen LogP contribution in [0, 0.1) is 5.92 Å². The third kappa shape index (κ3) is 2.93. The molecule has 0 spiro atoms. The summed E-state index contributed by atoms with van der Waals surface area (Å²) in [6, 6.07) is -0.00858. The maximum atomic E-state index is 12.2. The number of nitrogens with zero attached hydrogens (tertiary/aromatic N) is 2. The van der Waals surface area contributed by atoms with Crippen molar-refractivity contribution in [1.29, 1.82) is 0 Å². The summed E-state index contributed by atoms with van der Waals surface area (Å²) in [6.45, 7) is 2.24. The van der Waals surface area contributed by atoms with Crippen LogP contribution in [0.3, 0.4) is 0 Å². The SMILES string of the molecule is O=C(O)C1CCN(C(=O)N2CCC(O)CC2)CC1. The van der Waals surface area contributed by atoms with Crippen molar-refractivity contribution < 1.29 is 19.8 Å². The van der Waals surface area contributed by atoms with Gasteiger partial charge in [-0.3, -0.25) is 4.79 Å². The normalized spacial score (nSPS) is 23.2. The van der Waals surface area contributed by atoms with Crippen LogP contribution in [0.1, 0.15) is 25.7 Å². The number of hydrogen-bond donors (Lipinski definition) is 2. The molecule has 2 N–H and O–H groups in total. The maximum Gasteiger partial charge on any atom is 0.320 e. The van der Waals surface area contributed by atoms with Gasteiger partial charge in [-0.2, -0.15) is 0 Å². The van der Waals surface area contributed by atoms with Crippen LogP contribution in [0.15, 0.2) is 0 Å². The summed E-state index contributed by atoms with van der Waals surface area (Å²) in [6.07, 6.45) is 2.07. The van der Waals surface area contributed by atoms with Gasteiger partial charge in [-0.05, 0) is 25.7 Å². The Morgan fingerprint density at radius 1 is 0.889 bits per heavy atom. The van der Waals surface area contributed by atoms with Gasteiger partial charge in [-0.15, -0.1) is 0 Å². The van der Waals surface area contributed by atoms with Gasteiger partial charge in [0.05, 0.1) is 12.0 Å². The Balaban J connectivity index is 1.82. The second-order valence-corrected chi connectivity index (χ2v) is 5.10. The monoisotopic (exact) mass is 256 g/mol. The highest BCUT2D eigenvalue weighted by Gasteiger charge is 2.30. The molecule has 0 aliphatic carbocycles. The number of hydrogen-bond acceptors (Lipinski definition) is 3. The number of urea groups is 1. The van der Waals surface area contributed by atoms with Crippen LogP contribution in [0.5, 0.6) is 0 Å². The number of aliphatic hydroxyl groups excluding tert-OH is 1. The van der Waals surface area contributed by atoms with E-state index in [4.69, 9.17) is 5.11 Å². The molecule has 0 radical (unpaired) electrons. The third-order valence-electron chi connectivity index (χ3n) is 3.85. The molecule has 2 fully saturated rings. The number of amides is 2. The summed E-state index contributed by atoms with van der Waals surface area (Å²) < 4.78 is 0. The molecular formula is C12H20N2O4. The maximum absolute atomic E-state index is 12.2. The van der Waals surface area contributed by atoms with Crippen molar-refractivity contribution in [3.63, 3.8) is 0 Å². The molecule has 2 aliphatic heterocycles. The van der Waals surface area contributed by atoms with Crippen LogP contribution in [-0.2, 0) is 4.79 Å². The lowest BCUT2D eigenvalue weighted by Crippen LogP contribution is -2.50. The molecule has 6 heteroatoms. The smallest absolute Gasteiger partial charge is 0.320 e. The largest absolute Gasteiger partial charge is 0.481 e. The predicted octanol–water partition coefficient (Wildman–Crippen LogP) is 0.360. The highest BCUT2D eigenvalue weighted by molar-refractivity contribution is 5.75. The van der Waals surface area contributed by atoms with Gasteiger partial charge in [0, 0.05) is 26.2 Å². The van der Waals surface area contributed by atoms with E-state index in [2.05, 4.69) is 0 Å². The molecule has 2 amide bonds. The summed E-state index contributed by atoms with van der Waals surface area (Å²) in [7, 11) is 0. The van der Waals surface area contributed by atoms with Gasteiger partial charge in [-0.1, -0.05) is 0 Å². The van der Waals surface area contributed by atoms with Gasteiger partial charge in [0.15, 0.2) is 0 Å². The van der Waals surface area contributed by atoms with Crippen molar-refractivity contribution in [3.8, 4) is 0 Å². The Morgan fingerprint density at radius 3 is 1.78 bits per heavy atom. The standard InChI is InChI=1S/C12H20N2O4/c15-10-3-7-14(8-4-10)12(18)13-5-1-9(2-6-13)11(16)17/h9-10,15H,1-8H2,(H,16,17). The number of carboxylic acids is 1. The molecule has 0 aromatic carbocycles. The Morgan fingerprint density at radius 2 is 1.33 bits per heavy atom. The van der Waals surface area contributed by atoms with E-state index < -0.39 is 5.97 Å². The minimum Gasteiger partial charge on any atom is -0.481 e. The van der Waals surface area contributed by atoms with Gasteiger partial charge in [0.25, 0.3) is 0 Å². The fraction of sp³-hybridized carbons (Fsp3) is 0.833. The first kappa shape index (κ1) is 13.1. The Kier molecular flexibility index (Phi) is 4.06. The lowest BCUT2D eigenvalue weighted by atomic mass is 9.97. The Hall–Kier alpha value is -1.30. The molecule has 2 saturated heterocycles. The van der Waals surface area contributed by atoms with Crippen LogP contribution in [0.25, 0.3) is 0 Å². The van der Waals surface area contributed by atoms with Crippen molar-refractivity contribution in [2.45, 2.75) is 31.8 Å². The number of carbonyl (C=O) groups excluding carboxylic acids is 1. The molecule has 18 heavy (non-hydrogen) atoms. The summed E-state index contributed by atoms with van der Waals surface area (Å²) >= 11 is 0. The molecule has 0 aromatic heterocycles. The topological polar surface area (TPSA) is 81.1 Å². The average molecular weight is 256 g/mol. The molecule has 0 unspecified atom stereocenters. The highest BCUT2D eigenvalue weighted by Crippen LogP contribution is 2.20. The van der Waals surface area contributed by atoms with E-state index in [0.717, 1.165) is 0 Å². The van der Waals surface area contributed by atoms with Crippen LogP contribution in [-0.4, -0.2) is 64.3 Å². The first-order chi connectivity index (χ1) is 8.58. The Bertz CT molecular complexity index is 318. The molecular weight excluding hydrogens is 236 g/mol. The number of carbonyl (C=O) groups is 2. The van der Waals surface area contributed by atoms with E-state index >= 15 is 0 Å². The first-order valence-electron chi connectivity index (χ1n) is 6.52. The quantitative estimate of drug-likeness (QED) is 0.709. The zero-order chi connectivity index (χ0) is 13.1. The lowest BCUT2D eigenvalue weighted by molar-refractivity contribution is -0.143. The lowest BCUT2D eigenvalue weighted by Gasteiger charge is -2.37. The van der Waals surface area contributed by atoms with E-state index in [0.29, 0.717) is 51.9 Å². The van der Waals surface area contributed by atoms with E-state index in [-0.39, 0.29) is 18.1 Å². The number of aliphatic carboxylic acids is 1. The fourth-order valence-electron chi connectivity index (χ4n) is 2.57. The van der Waals surface area contributed by atoms with Gasteiger partial charge in [0.1, 0.15) is 0 Å². The third-order valence-corrected chi connectivity index (χ3v) is 3.85. The number of piperidine rings is 2.